The molecule has 0 aliphatic carbocycles. The van der Waals surface area contributed by atoms with Crippen molar-refractivity contribution in [2.24, 2.45) is 5.73 Å². The van der Waals surface area contributed by atoms with Gasteiger partial charge < -0.3 is 15.6 Å². The van der Waals surface area contributed by atoms with Crippen LogP contribution in [0.5, 0.6) is 0 Å². The number of H-pyrrole nitrogens is 2. The number of allylic oxidation sites excluding steroid dienone is 2. The van der Waals surface area contributed by atoms with Gasteiger partial charge in [0.25, 0.3) is 0 Å². The van der Waals surface area contributed by atoms with E-state index >= 15 is 0 Å². The van der Waals surface area contributed by atoms with Crippen LogP contribution in [0.2, 0.25) is 0 Å². The fraction of sp³-hybridized carbons (Fsp3) is 0.143. The van der Waals surface area contributed by atoms with Gasteiger partial charge >= 0.3 is 0 Å². The highest BCUT2D eigenvalue weighted by Crippen LogP contribution is 2.30. The Balaban J connectivity index is 1.31. The molecule has 0 amide bonds. The van der Waals surface area contributed by atoms with Gasteiger partial charge in [-0.3, -0.25) is 15.1 Å². The van der Waals surface area contributed by atoms with Gasteiger partial charge in [-0.25, -0.2) is 4.98 Å². The number of aromatic nitrogens is 6. The van der Waals surface area contributed by atoms with Crippen molar-refractivity contribution in [1.29, 1.82) is 0 Å². The van der Waals surface area contributed by atoms with Crippen LogP contribution in [0.15, 0.2) is 67.3 Å². The summed E-state index contributed by atoms with van der Waals surface area (Å²) in [7, 11) is 0. The molecule has 5 aromatic rings. The second-order valence-corrected chi connectivity index (χ2v) is 9.09. The minimum Gasteiger partial charge on any atom is -0.353 e. The van der Waals surface area contributed by atoms with Crippen LogP contribution >= 0.6 is 0 Å². The van der Waals surface area contributed by atoms with Crippen molar-refractivity contribution in [3.8, 4) is 22.5 Å². The molecule has 0 bridgehead atoms. The maximum atomic E-state index is 5.90. The first-order chi connectivity index (χ1) is 17.6. The Hall–Kier alpha value is -4.56. The Morgan fingerprint density at radius 2 is 1.97 bits per heavy atom. The van der Waals surface area contributed by atoms with E-state index in [0.29, 0.717) is 0 Å². The maximum Gasteiger partial charge on any atom is 0.147 e. The summed E-state index contributed by atoms with van der Waals surface area (Å²) in [6, 6.07) is 12.6. The Kier molecular flexibility index (Phi) is 5.42. The molecular formula is C28H26N8. The average molecular weight is 475 g/mol. The van der Waals surface area contributed by atoms with Crippen LogP contribution in [0.1, 0.15) is 12.6 Å². The van der Waals surface area contributed by atoms with E-state index in [1.807, 2.05) is 43.6 Å². The first-order valence-corrected chi connectivity index (χ1v) is 11.8. The normalized spacial score (nSPS) is 15.0. The van der Waals surface area contributed by atoms with E-state index < -0.39 is 0 Å². The summed E-state index contributed by atoms with van der Waals surface area (Å²) < 4.78 is 0. The Bertz CT molecular complexity index is 1690. The number of aromatic amines is 2. The number of hydrogen-bond acceptors (Lipinski definition) is 6. The molecule has 8 nitrogen and oxygen atoms in total. The lowest BCUT2D eigenvalue weighted by atomic mass is 10.0. The lowest BCUT2D eigenvalue weighted by Gasteiger charge is -2.37. The van der Waals surface area contributed by atoms with Gasteiger partial charge in [-0.2, -0.15) is 5.10 Å². The van der Waals surface area contributed by atoms with Gasteiger partial charge in [-0.1, -0.05) is 24.8 Å². The molecule has 0 spiro atoms. The minimum absolute atomic E-state index is 0.213. The van der Waals surface area contributed by atoms with Crippen molar-refractivity contribution in [3.05, 3.63) is 83.5 Å². The smallest absolute Gasteiger partial charge is 0.147 e. The van der Waals surface area contributed by atoms with Crippen LogP contribution in [0.3, 0.4) is 0 Å². The number of benzene rings is 1. The predicted molar refractivity (Wildman–Crippen MR) is 144 cm³/mol. The number of nitrogens with one attached hydrogen (secondary N) is 2. The van der Waals surface area contributed by atoms with Crippen LogP contribution in [-0.2, 0) is 0 Å². The summed E-state index contributed by atoms with van der Waals surface area (Å²) in [6.45, 7) is 7.93. The largest absolute Gasteiger partial charge is 0.353 e. The van der Waals surface area contributed by atoms with E-state index in [4.69, 9.17) is 10.7 Å². The number of rotatable bonds is 5. The van der Waals surface area contributed by atoms with Gasteiger partial charge in [0.15, 0.2) is 0 Å². The number of pyridine rings is 1. The molecule has 178 valence electrons. The van der Waals surface area contributed by atoms with Crippen molar-refractivity contribution in [2.75, 3.05) is 18.0 Å². The van der Waals surface area contributed by atoms with Crippen LogP contribution in [0.25, 0.3) is 51.6 Å². The fourth-order valence-electron chi connectivity index (χ4n) is 4.50. The summed E-state index contributed by atoms with van der Waals surface area (Å²) in [5, 5.41) is 10.5. The molecule has 1 fully saturated rings. The molecule has 4 N–H and O–H groups in total. The van der Waals surface area contributed by atoms with Crippen molar-refractivity contribution in [3.63, 3.8) is 0 Å². The molecule has 4 aromatic heterocycles. The average Bonchev–Trinajstić information content (AvgIpc) is 3.49. The van der Waals surface area contributed by atoms with Crippen molar-refractivity contribution >= 4 is 34.9 Å². The fourth-order valence-corrected chi connectivity index (χ4v) is 4.50. The monoisotopic (exact) mass is 474 g/mol. The van der Waals surface area contributed by atoms with Gasteiger partial charge in [0.2, 0.25) is 0 Å². The second-order valence-electron chi connectivity index (χ2n) is 9.09. The quantitative estimate of drug-likeness (QED) is 0.361. The van der Waals surface area contributed by atoms with E-state index in [0.717, 1.165) is 74.2 Å². The first kappa shape index (κ1) is 21.9. The van der Waals surface area contributed by atoms with Crippen molar-refractivity contribution in [1.82, 2.24) is 30.1 Å². The molecule has 1 aromatic carbocycles. The molecule has 36 heavy (non-hydrogen) atoms. The molecule has 0 saturated carbocycles. The van der Waals surface area contributed by atoms with E-state index in [9.17, 15) is 0 Å². The summed E-state index contributed by atoms with van der Waals surface area (Å²) in [6.07, 6.45) is 11.2. The zero-order valence-corrected chi connectivity index (χ0v) is 19.9. The van der Waals surface area contributed by atoms with E-state index in [2.05, 4.69) is 60.9 Å². The van der Waals surface area contributed by atoms with Gasteiger partial charge in [-0.05, 0) is 54.0 Å². The van der Waals surface area contributed by atoms with E-state index in [1.165, 1.54) is 0 Å². The van der Waals surface area contributed by atoms with Crippen molar-refractivity contribution < 1.29 is 0 Å². The highest BCUT2D eigenvalue weighted by molar-refractivity contribution is 5.97. The number of anilines is 1. The van der Waals surface area contributed by atoms with Gasteiger partial charge in [0.1, 0.15) is 11.5 Å². The van der Waals surface area contributed by atoms with E-state index in [1.54, 1.807) is 12.4 Å². The molecule has 0 atom stereocenters. The lowest BCUT2D eigenvalue weighted by Crippen LogP contribution is -2.56. The summed E-state index contributed by atoms with van der Waals surface area (Å²) >= 11 is 0. The zero-order chi connectivity index (χ0) is 24.6. The molecule has 0 radical (unpaired) electrons. The summed E-state index contributed by atoms with van der Waals surface area (Å²) in [5.41, 5.74) is 12.8. The Labute approximate surface area is 207 Å². The molecule has 1 saturated heterocycles. The van der Waals surface area contributed by atoms with Crippen molar-refractivity contribution in [2.45, 2.75) is 13.0 Å². The number of hydrogen-bond donors (Lipinski definition) is 3. The van der Waals surface area contributed by atoms with Crippen LogP contribution in [-0.4, -0.2) is 49.3 Å². The number of nitrogens with two attached hydrogens (primary N) is 1. The molecule has 8 heteroatoms. The second kappa shape index (κ2) is 8.90. The Morgan fingerprint density at radius 3 is 2.78 bits per heavy atom. The summed E-state index contributed by atoms with van der Waals surface area (Å²) in [4.78, 5) is 18.9. The molecule has 6 rings (SSSR count). The first-order valence-electron chi connectivity index (χ1n) is 11.8. The minimum atomic E-state index is 0.213. The van der Waals surface area contributed by atoms with Gasteiger partial charge in [0, 0.05) is 47.6 Å². The molecule has 1 aliphatic heterocycles. The third-order valence-corrected chi connectivity index (χ3v) is 6.57. The predicted octanol–water partition coefficient (Wildman–Crippen LogP) is 2.85. The third-order valence-electron chi connectivity index (χ3n) is 6.57. The maximum absolute atomic E-state index is 5.90. The standard InChI is InChI=1S/C28H26N8/c1-17(26-13-31-14-27(33-26)36-15-20(29)16-36)6-7-23-18(2)28(35-34-23)25-12-22-21(4-3-5-24(22)32-25)19-8-10-30-11-9-19/h3-14,20,32,34H,2,15-16,29H2,1H3/b17-6+,23-7+. The molecule has 5 heterocycles. The number of nitrogens with zero attached hydrogens (tertiary/aromatic N) is 5. The third kappa shape index (κ3) is 3.97. The SMILES string of the molecule is C=c1c(-c2cc3c(-c4ccncc4)cccc3[nH]2)n[nH]/c1=C/C=C(\C)c1cncc(N2CC(N)C2)n1. The lowest BCUT2D eigenvalue weighted by molar-refractivity contribution is 0.513. The molecular weight excluding hydrogens is 448 g/mol. The van der Waals surface area contributed by atoms with Crippen LogP contribution < -0.4 is 21.2 Å². The summed E-state index contributed by atoms with van der Waals surface area (Å²) in [5.74, 6) is 0.855. The highest BCUT2D eigenvalue weighted by atomic mass is 15.3. The van der Waals surface area contributed by atoms with Gasteiger partial charge in [-0.15, -0.1) is 0 Å². The molecule has 1 aliphatic rings. The topological polar surface area (TPSA) is 112 Å². The Morgan fingerprint density at radius 1 is 1.14 bits per heavy atom. The van der Waals surface area contributed by atoms with Crippen LogP contribution in [0, 0.1) is 0 Å². The van der Waals surface area contributed by atoms with Crippen LogP contribution in [0.4, 0.5) is 5.82 Å². The number of fused-ring (bicyclic) bond motifs is 1. The zero-order valence-electron chi connectivity index (χ0n) is 19.9. The van der Waals surface area contributed by atoms with Gasteiger partial charge in [0.05, 0.1) is 29.1 Å². The highest BCUT2D eigenvalue weighted by Gasteiger charge is 2.24. The van der Waals surface area contributed by atoms with E-state index in [-0.39, 0.29) is 6.04 Å². The molecule has 0 unspecified atom stereocenters.